The van der Waals surface area contributed by atoms with Gasteiger partial charge in [0, 0.05) is 10.9 Å². The molecule has 32 heavy (non-hydrogen) atoms. The van der Waals surface area contributed by atoms with E-state index in [1.807, 2.05) is 36.4 Å². The summed E-state index contributed by atoms with van der Waals surface area (Å²) < 4.78 is 18.1. The van der Waals surface area contributed by atoms with Crippen molar-refractivity contribution in [2.75, 3.05) is 14.2 Å². The molecule has 3 aromatic rings. The van der Waals surface area contributed by atoms with Gasteiger partial charge in [-0.3, -0.25) is 4.79 Å². The molecule has 0 aliphatic rings. The lowest BCUT2D eigenvalue weighted by Gasteiger charge is -2.37. The van der Waals surface area contributed by atoms with E-state index in [-0.39, 0.29) is 5.04 Å². The number of rotatable bonds is 7. The van der Waals surface area contributed by atoms with Crippen molar-refractivity contribution in [3.63, 3.8) is 0 Å². The summed E-state index contributed by atoms with van der Waals surface area (Å²) in [7, 11) is 1.06. The second-order valence-electron chi connectivity index (χ2n) is 9.32. The van der Waals surface area contributed by atoms with Crippen LogP contribution in [0.15, 0.2) is 54.6 Å². The third-order valence-corrected chi connectivity index (χ3v) is 10.6. The Morgan fingerprint density at radius 2 is 1.53 bits per heavy atom. The molecule has 0 saturated carbocycles. The van der Waals surface area contributed by atoms with Gasteiger partial charge in [-0.15, -0.1) is 0 Å². The number of carbonyl (C=O) groups excluding carboxylic acids is 1. The van der Waals surface area contributed by atoms with Crippen LogP contribution >= 0.6 is 0 Å². The molecule has 0 fully saturated rings. The molecular formula is C27H32O4Si. The Kier molecular flexibility index (Phi) is 6.79. The molecule has 3 rings (SSSR count). The molecule has 0 radical (unpaired) electrons. The lowest BCUT2D eigenvalue weighted by molar-refractivity contribution is -0.104. The van der Waals surface area contributed by atoms with Gasteiger partial charge in [0.1, 0.15) is 12.0 Å². The van der Waals surface area contributed by atoms with Crippen molar-refractivity contribution in [3.8, 4) is 28.4 Å². The Hall–Kier alpha value is -3.05. The van der Waals surface area contributed by atoms with Crippen molar-refractivity contribution in [2.24, 2.45) is 0 Å². The summed E-state index contributed by atoms with van der Waals surface area (Å²) >= 11 is 0. The zero-order valence-corrected chi connectivity index (χ0v) is 21.0. The van der Waals surface area contributed by atoms with Crippen LogP contribution in [0.4, 0.5) is 0 Å². The van der Waals surface area contributed by atoms with Gasteiger partial charge in [0.15, 0.2) is 11.5 Å². The Morgan fingerprint density at radius 1 is 0.906 bits per heavy atom. The monoisotopic (exact) mass is 448 g/mol. The fraction of sp³-hybridized carbons (Fsp3) is 0.296. The van der Waals surface area contributed by atoms with E-state index in [0.717, 1.165) is 39.5 Å². The first-order valence-electron chi connectivity index (χ1n) is 10.7. The minimum atomic E-state index is -2.20. The van der Waals surface area contributed by atoms with Crippen LogP contribution in [0.5, 0.6) is 17.2 Å². The highest BCUT2D eigenvalue weighted by Gasteiger charge is 2.40. The number of allylic oxidation sites excluding steroid dienone is 1. The van der Waals surface area contributed by atoms with Crippen LogP contribution in [0, 0.1) is 0 Å². The van der Waals surface area contributed by atoms with E-state index < -0.39 is 8.32 Å². The molecular weight excluding hydrogens is 416 g/mol. The maximum absolute atomic E-state index is 11.3. The van der Waals surface area contributed by atoms with Crippen LogP contribution in [-0.2, 0) is 4.79 Å². The fourth-order valence-electron chi connectivity index (χ4n) is 3.39. The van der Waals surface area contributed by atoms with Crippen LogP contribution < -0.4 is 13.9 Å². The molecule has 0 bridgehead atoms. The first kappa shape index (κ1) is 23.6. The Labute approximate surface area is 192 Å². The van der Waals surface area contributed by atoms with Crippen molar-refractivity contribution in [3.05, 3.63) is 60.2 Å². The smallest absolute Gasteiger partial charge is 0.250 e. The van der Waals surface area contributed by atoms with Gasteiger partial charge in [-0.1, -0.05) is 51.1 Å². The van der Waals surface area contributed by atoms with E-state index in [1.165, 1.54) is 6.08 Å². The molecule has 0 N–H and O–H groups in total. The molecule has 3 aromatic carbocycles. The van der Waals surface area contributed by atoms with Crippen molar-refractivity contribution in [1.29, 1.82) is 0 Å². The van der Waals surface area contributed by atoms with Gasteiger partial charge in [-0.25, -0.2) is 0 Å². The first-order valence-corrected chi connectivity index (χ1v) is 13.6. The molecule has 0 aliphatic heterocycles. The number of hydrogen-bond acceptors (Lipinski definition) is 4. The average molecular weight is 449 g/mol. The highest BCUT2D eigenvalue weighted by Crippen LogP contribution is 2.46. The van der Waals surface area contributed by atoms with E-state index in [4.69, 9.17) is 13.9 Å². The van der Waals surface area contributed by atoms with E-state index in [1.54, 1.807) is 14.2 Å². The van der Waals surface area contributed by atoms with Gasteiger partial charge in [-0.05, 0) is 65.0 Å². The standard InChI is InChI=1S/C27H32O4Si/c1-27(2,3)32(6,7)31-26-21(14-11-15-28)22(19-12-9-8-10-13-19)16-20-17-24(29-4)25(30-5)18-23(20)26/h8-18H,1-7H3/b14-11-. The topological polar surface area (TPSA) is 44.8 Å². The second-order valence-corrected chi connectivity index (χ2v) is 14.0. The largest absolute Gasteiger partial charge is 0.543 e. The van der Waals surface area contributed by atoms with Gasteiger partial charge in [-0.2, -0.15) is 0 Å². The number of fused-ring (bicyclic) bond motifs is 1. The van der Waals surface area contributed by atoms with Gasteiger partial charge in [0.2, 0.25) is 0 Å². The second kappa shape index (κ2) is 9.21. The molecule has 0 saturated heterocycles. The van der Waals surface area contributed by atoms with Crippen LogP contribution in [0.2, 0.25) is 18.1 Å². The minimum Gasteiger partial charge on any atom is -0.543 e. The summed E-state index contributed by atoms with van der Waals surface area (Å²) in [5.41, 5.74) is 2.93. The molecule has 0 amide bonds. The van der Waals surface area contributed by atoms with Crippen molar-refractivity contribution < 1.29 is 18.7 Å². The molecule has 0 atom stereocenters. The van der Waals surface area contributed by atoms with Gasteiger partial charge in [0.25, 0.3) is 8.32 Å². The number of ether oxygens (including phenoxy) is 2. The van der Waals surface area contributed by atoms with Gasteiger partial charge < -0.3 is 13.9 Å². The summed E-state index contributed by atoms with van der Waals surface area (Å²) in [5.74, 6) is 2.07. The summed E-state index contributed by atoms with van der Waals surface area (Å²) in [4.78, 5) is 11.3. The summed E-state index contributed by atoms with van der Waals surface area (Å²) in [6.07, 6.45) is 4.16. The predicted octanol–water partition coefficient (Wildman–Crippen LogP) is 7.12. The Balaban J connectivity index is 2.46. The third-order valence-electron chi connectivity index (χ3n) is 6.22. The Bertz CT molecular complexity index is 1140. The molecule has 0 aliphatic carbocycles. The number of benzene rings is 3. The van der Waals surface area contributed by atoms with Crippen molar-refractivity contribution >= 4 is 31.5 Å². The zero-order chi connectivity index (χ0) is 23.5. The predicted molar refractivity (Wildman–Crippen MR) is 135 cm³/mol. The molecule has 168 valence electrons. The number of hydrogen-bond donors (Lipinski definition) is 0. The highest BCUT2D eigenvalue weighted by molar-refractivity contribution is 6.74. The number of methoxy groups -OCH3 is 2. The highest BCUT2D eigenvalue weighted by atomic mass is 28.4. The number of aldehydes is 1. The molecule has 5 heteroatoms. The van der Waals surface area contributed by atoms with Gasteiger partial charge >= 0.3 is 0 Å². The molecule has 0 heterocycles. The number of carbonyl (C=O) groups is 1. The summed E-state index contributed by atoms with van der Waals surface area (Å²) in [6.45, 7) is 11.1. The first-order chi connectivity index (χ1) is 15.1. The minimum absolute atomic E-state index is 0.00424. The fourth-order valence-corrected chi connectivity index (χ4v) is 4.42. The molecule has 0 aromatic heterocycles. The average Bonchev–Trinajstić information content (AvgIpc) is 2.76. The zero-order valence-electron chi connectivity index (χ0n) is 20.0. The van der Waals surface area contributed by atoms with Crippen LogP contribution in [0.3, 0.4) is 0 Å². The lowest BCUT2D eigenvalue weighted by Crippen LogP contribution is -2.44. The normalized spacial score (nSPS) is 12.2. The van der Waals surface area contributed by atoms with Crippen molar-refractivity contribution in [1.82, 2.24) is 0 Å². The SMILES string of the molecule is COc1cc2cc(-c3ccccc3)c(/C=C\C=O)c(O[Si](C)(C)C(C)(C)C)c2cc1OC. The van der Waals surface area contributed by atoms with E-state index >= 15 is 0 Å². The van der Waals surface area contributed by atoms with E-state index in [0.29, 0.717) is 11.5 Å². The van der Waals surface area contributed by atoms with Gasteiger partial charge in [0.05, 0.1) is 14.2 Å². The maximum Gasteiger partial charge on any atom is 0.250 e. The van der Waals surface area contributed by atoms with Crippen LogP contribution in [0.1, 0.15) is 26.3 Å². The maximum atomic E-state index is 11.3. The molecule has 0 unspecified atom stereocenters. The van der Waals surface area contributed by atoms with Crippen molar-refractivity contribution in [2.45, 2.75) is 38.9 Å². The van der Waals surface area contributed by atoms with Crippen LogP contribution in [-0.4, -0.2) is 28.8 Å². The Morgan fingerprint density at radius 3 is 2.09 bits per heavy atom. The van der Waals surface area contributed by atoms with Crippen LogP contribution in [0.25, 0.3) is 28.0 Å². The molecule has 0 spiro atoms. The summed E-state index contributed by atoms with van der Waals surface area (Å²) in [5, 5.41) is 1.92. The third kappa shape index (κ3) is 4.58. The lowest BCUT2D eigenvalue weighted by atomic mass is 9.93. The van der Waals surface area contributed by atoms with E-state index in [2.05, 4.69) is 52.1 Å². The quantitative estimate of drug-likeness (QED) is 0.219. The molecule has 4 nitrogen and oxygen atoms in total. The summed E-state index contributed by atoms with van der Waals surface area (Å²) in [6, 6.07) is 16.2. The van der Waals surface area contributed by atoms with E-state index in [9.17, 15) is 4.79 Å².